The number of methoxy groups -OCH3 is 2. The summed E-state index contributed by atoms with van der Waals surface area (Å²) < 4.78 is 30.0. The molecule has 1 aliphatic rings. The number of urea groups is 1. The van der Waals surface area contributed by atoms with Crippen molar-refractivity contribution in [1.82, 2.24) is 20.4 Å². The molecule has 3 rings (SSSR count). The number of aromatic nitrogens is 2. The number of hydrogen-bond donors (Lipinski definition) is 1. The Labute approximate surface area is 163 Å². The average molecular weight is 392 g/mol. The first-order chi connectivity index (χ1) is 13.4. The first kappa shape index (κ1) is 19.9. The predicted molar refractivity (Wildman–Crippen MR) is 99.0 cm³/mol. The third kappa shape index (κ3) is 4.18. The van der Waals surface area contributed by atoms with Crippen molar-refractivity contribution in [2.24, 2.45) is 0 Å². The van der Waals surface area contributed by atoms with Crippen LogP contribution in [0.3, 0.4) is 0 Å². The van der Waals surface area contributed by atoms with Gasteiger partial charge in [0.25, 0.3) is 0 Å². The summed E-state index contributed by atoms with van der Waals surface area (Å²) in [6, 6.07) is 2.04. The van der Waals surface area contributed by atoms with E-state index in [-0.39, 0.29) is 11.9 Å². The highest BCUT2D eigenvalue weighted by Gasteiger charge is 2.28. The molecule has 1 aromatic heterocycles. The van der Waals surface area contributed by atoms with Gasteiger partial charge >= 0.3 is 6.03 Å². The van der Waals surface area contributed by atoms with Crippen molar-refractivity contribution in [3.05, 3.63) is 35.2 Å². The molecule has 1 fully saturated rings. The average Bonchev–Trinajstić information content (AvgIpc) is 3.14. The minimum Gasteiger partial charge on any atom is -0.493 e. The monoisotopic (exact) mass is 392 g/mol. The van der Waals surface area contributed by atoms with Crippen LogP contribution < -0.4 is 14.8 Å². The van der Waals surface area contributed by atoms with Crippen molar-refractivity contribution < 1.29 is 23.2 Å². The number of piperidine rings is 1. The molecule has 152 valence electrons. The number of likely N-dealkylation sites (tertiary alicyclic amines) is 1. The van der Waals surface area contributed by atoms with Crippen molar-refractivity contribution >= 4 is 6.03 Å². The van der Waals surface area contributed by atoms with Gasteiger partial charge in [0.05, 0.1) is 20.3 Å². The van der Waals surface area contributed by atoms with Crippen LogP contribution in [0.2, 0.25) is 0 Å². The largest absolute Gasteiger partial charge is 0.493 e. The lowest BCUT2D eigenvalue weighted by atomic mass is 9.97. The lowest BCUT2D eigenvalue weighted by molar-refractivity contribution is 0.172. The quantitative estimate of drug-likeness (QED) is 0.841. The van der Waals surface area contributed by atoms with Gasteiger partial charge in [-0.25, -0.2) is 9.18 Å². The minimum absolute atomic E-state index is 0.158. The summed E-state index contributed by atoms with van der Waals surface area (Å²) in [5.74, 6) is 1.65. The second kappa shape index (κ2) is 8.45. The highest BCUT2D eigenvalue weighted by Crippen LogP contribution is 2.32. The fourth-order valence-corrected chi connectivity index (χ4v) is 3.36. The van der Waals surface area contributed by atoms with Crippen LogP contribution in [0.25, 0.3) is 0 Å². The smallest absolute Gasteiger partial charge is 0.317 e. The van der Waals surface area contributed by atoms with Gasteiger partial charge in [-0.2, -0.15) is 4.98 Å². The Kier molecular flexibility index (Phi) is 6.01. The van der Waals surface area contributed by atoms with Crippen molar-refractivity contribution in [2.45, 2.75) is 38.6 Å². The van der Waals surface area contributed by atoms with Crippen LogP contribution in [0.4, 0.5) is 9.18 Å². The molecule has 2 aromatic rings. The van der Waals surface area contributed by atoms with Gasteiger partial charge in [0.1, 0.15) is 5.82 Å². The maximum Gasteiger partial charge on any atom is 0.317 e. The summed E-state index contributed by atoms with van der Waals surface area (Å²) in [5.41, 5.74) is 0.335. The second-order valence-electron chi connectivity index (χ2n) is 6.84. The molecular weight excluding hydrogens is 367 g/mol. The van der Waals surface area contributed by atoms with Crippen molar-refractivity contribution in [1.29, 1.82) is 0 Å². The van der Waals surface area contributed by atoms with Crippen LogP contribution in [-0.2, 0) is 0 Å². The number of carbonyl (C=O) groups is 1. The highest BCUT2D eigenvalue weighted by molar-refractivity contribution is 5.75. The molecule has 8 nitrogen and oxygen atoms in total. The number of benzene rings is 1. The number of amides is 2. The minimum atomic E-state index is -0.524. The van der Waals surface area contributed by atoms with E-state index in [0.717, 1.165) is 12.8 Å². The van der Waals surface area contributed by atoms with Crippen LogP contribution in [0, 0.1) is 12.7 Å². The molecule has 0 saturated carbocycles. The SMILES string of the molecule is COc1cc(F)c(C(C)NC(=O)N2CCC(c3nc(C)no3)CC2)cc1OC. The Bertz CT molecular complexity index is 833. The fraction of sp³-hybridized carbons (Fsp3) is 0.526. The number of hydrogen-bond acceptors (Lipinski definition) is 6. The number of rotatable bonds is 5. The first-order valence-corrected chi connectivity index (χ1v) is 9.20. The molecule has 0 spiro atoms. The van der Waals surface area contributed by atoms with E-state index >= 15 is 0 Å². The van der Waals surface area contributed by atoms with Gasteiger partial charge in [-0.05, 0) is 32.8 Å². The molecule has 2 heterocycles. The molecule has 1 atom stereocenters. The van der Waals surface area contributed by atoms with E-state index in [1.54, 1.807) is 24.8 Å². The topological polar surface area (TPSA) is 89.7 Å². The van der Waals surface area contributed by atoms with E-state index in [4.69, 9.17) is 14.0 Å². The van der Waals surface area contributed by atoms with Crippen molar-refractivity contribution in [3.63, 3.8) is 0 Å². The van der Waals surface area contributed by atoms with Crippen LogP contribution in [-0.4, -0.2) is 48.4 Å². The molecule has 1 N–H and O–H groups in total. The first-order valence-electron chi connectivity index (χ1n) is 9.20. The molecule has 2 amide bonds. The molecule has 1 aliphatic heterocycles. The van der Waals surface area contributed by atoms with Crippen LogP contribution in [0.15, 0.2) is 16.7 Å². The maximum absolute atomic E-state index is 14.4. The van der Waals surface area contributed by atoms with E-state index < -0.39 is 11.9 Å². The number of carbonyl (C=O) groups excluding carboxylic acids is 1. The van der Waals surface area contributed by atoms with Gasteiger partial charge in [-0.3, -0.25) is 0 Å². The maximum atomic E-state index is 14.4. The standard InChI is InChI=1S/C19H25FN4O4/c1-11(14-9-16(26-3)17(27-4)10-15(14)20)21-19(25)24-7-5-13(6-8-24)18-22-12(2)23-28-18/h9-11,13H,5-8H2,1-4H3,(H,21,25). The molecular formula is C19H25FN4O4. The number of nitrogens with one attached hydrogen (secondary N) is 1. The van der Waals surface area contributed by atoms with Gasteiger partial charge in [0, 0.05) is 30.6 Å². The molecule has 0 bridgehead atoms. The molecule has 9 heteroatoms. The van der Waals surface area contributed by atoms with Crippen molar-refractivity contribution in [2.75, 3.05) is 27.3 Å². The number of halogens is 1. The Balaban J connectivity index is 1.60. The zero-order valence-electron chi connectivity index (χ0n) is 16.5. The van der Waals surface area contributed by atoms with E-state index in [1.165, 1.54) is 20.3 Å². The summed E-state index contributed by atoms with van der Waals surface area (Å²) in [6.45, 7) is 4.65. The molecule has 0 aliphatic carbocycles. The fourth-order valence-electron chi connectivity index (χ4n) is 3.36. The van der Waals surface area contributed by atoms with Crippen LogP contribution >= 0.6 is 0 Å². The Morgan fingerprint density at radius 2 is 1.93 bits per heavy atom. The van der Waals surface area contributed by atoms with E-state index in [9.17, 15) is 9.18 Å². The summed E-state index contributed by atoms with van der Waals surface area (Å²) in [5, 5.41) is 6.67. The van der Waals surface area contributed by atoms with Crippen LogP contribution in [0.5, 0.6) is 11.5 Å². The lowest BCUT2D eigenvalue weighted by Gasteiger charge is -2.31. The molecule has 1 unspecified atom stereocenters. The highest BCUT2D eigenvalue weighted by atomic mass is 19.1. The summed E-state index contributed by atoms with van der Waals surface area (Å²) in [6.07, 6.45) is 1.49. The Morgan fingerprint density at radius 3 is 2.50 bits per heavy atom. The Hall–Kier alpha value is -2.84. The van der Waals surface area contributed by atoms with E-state index in [0.29, 0.717) is 41.9 Å². The molecule has 0 radical (unpaired) electrons. The molecule has 1 aromatic carbocycles. The van der Waals surface area contributed by atoms with Crippen molar-refractivity contribution in [3.8, 4) is 11.5 Å². The van der Waals surface area contributed by atoms with Gasteiger partial charge in [0.15, 0.2) is 17.3 Å². The zero-order chi connectivity index (χ0) is 20.3. The number of nitrogens with zero attached hydrogens (tertiary/aromatic N) is 3. The summed E-state index contributed by atoms with van der Waals surface area (Å²) in [7, 11) is 2.93. The molecule has 28 heavy (non-hydrogen) atoms. The third-order valence-electron chi connectivity index (χ3n) is 4.98. The van der Waals surface area contributed by atoms with Gasteiger partial charge in [-0.1, -0.05) is 5.16 Å². The molecule has 1 saturated heterocycles. The normalized spacial score (nSPS) is 16.0. The zero-order valence-corrected chi connectivity index (χ0v) is 16.5. The Morgan fingerprint density at radius 1 is 1.29 bits per heavy atom. The number of ether oxygens (including phenoxy) is 2. The third-order valence-corrected chi connectivity index (χ3v) is 4.98. The number of aryl methyl sites for hydroxylation is 1. The van der Waals surface area contributed by atoms with Gasteiger partial charge in [0.2, 0.25) is 5.89 Å². The van der Waals surface area contributed by atoms with Crippen LogP contribution in [0.1, 0.15) is 49.0 Å². The van der Waals surface area contributed by atoms with E-state index in [1.807, 2.05) is 0 Å². The lowest BCUT2D eigenvalue weighted by Crippen LogP contribution is -2.45. The van der Waals surface area contributed by atoms with E-state index in [2.05, 4.69) is 15.5 Å². The van der Waals surface area contributed by atoms with Gasteiger partial charge in [-0.15, -0.1) is 0 Å². The predicted octanol–water partition coefficient (Wildman–Crippen LogP) is 3.18. The second-order valence-corrected chi connectivity index (χ2v) is 6.84. The van der Waals surface area contributed by atoms with Gasteiger partial charge < -0.3 is 24.2 Å². The summed E-state index contributed by atoms with van der Waals surface area (Å²) in [4.78, 5) is 18.6. The summed E-state index contributed by atoms with van der Waals surface area (Å²) >= 11 is 0.